The SMILES string of the molecule is C=Cn1c[n+]([C@@H]2O[C@H](CCP(=C)(C)C)[C@@H](O)[C@H]2O)c(=O)[nH]c1=O. The van der Waals surface area contributed by atoms with Crippen molar-refractivity contribution in [3.63, 3.8) is 0 Å². The average molecular weight is 344 g/mol. The fraction of sp³-hybridized carbons (Fsp3) is 0.571. The molecule has 0 saturated carbocycles. The van der Waals surface area contributed by atoms with Crippen LogP contribution in [0.25, 0.3) is 6.20 Å². The highest BCUT2D eigenvalue weighted by molar-refractivity contribution is 7.72. The van der Waals surface area contributed by atoms with Crippen LogP contribution >= 0.6 is 6.89 Å². The smallest absolute Gasteiger partial charge is 0.387 e. The van der Waals surface area contributed by atoms with Crippen LogP contribution in [0.15, 0.2) is 22.5 Å². The number of rotatable bonds is 5. The molecule has 1 aromatic rings. The van der Waals surface area contributed by atoms with Gasteiger partial charge in [-0.1, -0.05) is 6.58 Å². The first kappa shape index (κ1) is 17.9. The van der Waals surface area contributed by atoms with Crippen LogP contribution < -0.4 is 15.9 Å². The first-order valence-electron chi connectivity index (χ1n) is 7.22. The second kappa shape index (κ2) is 6.57. The molecule has 3 N–H and O–H groups in total. The number of aliphatic hydroxyl groups excluding tert-OH is 2. The first-order valence-corrected chi connectivity index (χ1v) is 10.3. The molecule has 0 aliphatic carbocycles. The van der Waals surface area contributed by atoms with Gasteiger partial charge in [-0.15, -0.1) is 13.2 Å². The number of H-pyrrole nitrogens is 1. The molecule has 1 saturated heterocycles. The number of ether oxygens (including phenoxy) is 1. The van der Waals surface area contributed by atoms with Crippen molar-refractivity contribution in [1.29, 1.82) is 0 Å². The van der Waals surface area contributed by atoms with Crippen LogP contribution in [-0.2, 0) is 4.74 Å². The zero-order chi connectivity index (χ0) is 17.4. The average Bonchev–Trinajstić information content (AvgIpc) is 2.73. The molecule has 1 aliphatic rings. The van der Waals surface area contributed by atoms with Gasteiger partial charge in [0.15, 0.2) is 0 Å². The minimum Gasteiger partial charge on any atom is -0.387 e. The van der Waals surface area contributed by atoms with Crippen LogP contribution in [0.5, 0.6) is 0 Å². The summed E-state index contributed by atoms with van der Waals surface area (Å²) in [5.41, 5.74) is -1.37. The van der Waals surface area contributed by atoms with E-state index in [4.69, 9.17) is 4.74 Å². The quantitative estimate of drug-likeness (QED) is 0.452. The highest BCUT2D eigenvalue weighted by Crippen LogP contribution is 2.38. The number of aromatic amines is 1. The minimum absolute atomic E-state index is 0.540. The van der Waals surface area contributed by atoms with Gasteiger partial charge >= 0.3 is 11.4 Å². The molecular weight excluding hydrogens is 321 g/mol. The Morgan fingerprint density at radius 2 is 2.09 bits per heavy atom. The predicted octanol–water partition coefficient (Wildman–Crippen LogP) is -1.36. The van der Waals surface area contributed by atoms with Gasteiger partial charge in [0, 0.05) is 0 Å². The molecule has 9 heteroatoms. The third kappa shape index (κ3) is 3.90. The molecule has 1 aromatic heterocycles. The summed E-state index contributed by atoms with van der Waals surface area (Å²) in [5, 5.41) is 20.4. The van der Waals surface area contributed by atoms with E-state index >= 15 is 0 Å². The topological polar surface area (TPSA) is 108 Å². The summed E-state index contributed by atoms with van der Waals surface area (Å²) in [6.07, 6.45) is 3.80. The summed E-state index contributed by atoms with van der Waals surface area (Å²) >= 11 is 0. The Bertz CT molecular complexity index is 750. The summed E-state index contributed by atoms with van der Waals surface area (Å²) in [7, 11) is 0. The first-order chi connectivity index (χ1) is 10.6. The summed E-state index contributed by atoms with van der Waals surface area (Å²) in [5.74, 6) is 0. The van der Waals surface area contributed by atoms with Crippen LogP contribution in [0, 0.1) is 0 Å². The number of nitrogens with zero attached hydrogens (tertiary/aromatic N) is 2. The Labute approximate surface area is 133 Å². The summed E-state index contributed by atoms with van der Waals surface area (Å²) < 4.78 is 7.77. The van der Waals surface area contributed by atoms with Gasteiger partial charge in [-0.25, -0.2) is 9.59 Å². The normalized spacial score (nSPS) is 28.0. The minimum atomic E-state index is -1.29. The fourth-order valence-electron chi connectivity index (χ4n) is 2.45. The molecule has 2 rings (SSSR count). The third-order valence-electron chi connectivity index (χ3n) is 3.76. The van der Waals surface area contributed by atoms with Crippen molar-refractivity contribution < 1.29 is 19.5 Å². The van der Waals surface area contributed by atoms with Crippen LogP contribution in [0.2, 0.25) is 0 Å². The van der Waals surface area contributed by atoms with Crippen LogP contribution in [-0.4, -0.2) is 63.9 Å². The van der Waals surface area contributed by atoms with Crippen molar-refractivity contribution in [3.8, 4) is 0 Å². The Morgan fingerprint density at radius 1 is 1.43 bits per heavy atom. The molecule has 8 nitrogen and oxygen atoms in total. The second-order valence-electron chi connectivity index (χ2n) is 6.34. The van der Waals surface area contributed by atoms with Gasteiger partial charge < -0.3 is 14.9 Å². The number of hydrogen-bond donors (Lipinski definition) is 3. The highest BCUT2D eigenvalue weighted by Gasteiger charge is 2.46. The van der Waals surface area contributed by atoms with Crippen molar-refractivity contribution in [2.75, 3.05) is 19.5 Å². The molecule has 0 spiro atoms. The van der Waals surface area contributed by atoms with Crippen LogP contribution in [0.4, 0.5) is 0 Å². The lowest BCUT2D eigenvalue weighted by atomic mass is 10.1. The van der Waals surface area contributed by atoms with Gasteiger partial charge in [-0.2, -0.15) is 14.1 Å². The van der Waals surface area contributed by atoms with Gasteiger partial charge in [0.05, 0.1) is 12.3 Å². The third-order valence-corrected chi connectivity index (χ3v) is 5.23. The molecule has 0 bridgehead atoms. The van der Waals surface area contributed by atoms with E-state index in [1.54, 1.807) is 0 Å². The standard InChI is InChI=1S/C14H22N3O5P/c1-5-16-8-17(14(21)15-13(16)20)12-11(19)10(18)9(22-12)6-7-23(2,3)4/h5,8-12,18-19H,1-2,6-7H2,3-4H3/p+1/t9-,10-,11-,12-/m1/s1. The van der Waals surface area contributed by atoms with E-state index in [2.05, 4.69) is 31.2 Å². The van der Waals surface area contributed by atoms with Crippen molar-refractivity contribution >= 4 is 19.4 Å². The van der Waals surface area contributed by atoms with E-state index in [1.807, 2.05) is 0 Å². The molecule has 1 fully saturated rings. The van der Waals surface area contributed by atoms with Crippen molar-refractivity contribution in [2.24, 2.45) is 0 Å². The molecule has 0 unspecified atom stereocenters. The largest absolute Gasteiger partial charge is 0.450 e. The van der Waals surface area contributed by atoms with E-state index < -0.39 is 42.8 Å². The van der Waals surface area contributed by atoms with Gasteiger partial charge in [0.25, 0.3) is 0 Å². The Kier molecular flexibility index (Phi) is 5.10. The lowest BCUT2D eigenvalue weighted by Crippen LogP contribution is -2.61. The molecule has 128 valence electrons. The van der Waals surface area contributed by atoms with Crippen molar-refractivity contribution in [1.82, 2.24) is 9.55 Å². The highest BCUT2D eigenvalue weighted by atomic mass is 31.2. The lowest BCUT2D eigenvalue weighted by Gasteiger charge is -2.18. The number of hydrogen-bond acceptors (Lipinski definition) is 5. The van der Waals surface area contributed by atoms with Crippen molar-refractivity contribution in [3.05, 3.63) is 33.9 Å². The molecule has 1 aliphatic heterocycles. The Morgan fingerprint density at radius 3 is 2.65 bits per heavy atom. The zero-order valence-corrected chi connectivity index (χ0v) is 14.1. The summed E-state index contributed by atoms with van der Waals surface area (Å²) in [6.45, 7) is 6.32. The molecule has 23 heavy (non-hydrogen) atoms. The lowest BCUT2D eigenvalue weighted by molar-refractivity contribution is -0.783. The maximum Gasteiger partial charge on any atom is 0.450 e. The Hall–Kier alpha value is -1.47. The van der Waals surface area contributed by atoms with Crippen LogP contribution in [0.1, 0.15) is 12.6 Å². The van der Waals surface area contributed by atoms with E-state index in [1.165, 1.54) is 12.5 Å². The fourth-order valence-corrected chi connectivity index (χ4v) is 3.40. The van der Waals surface area contributed by atoms with E-state index in [9.17, 15) is 19.8 Å². The maximum atomic E-state index is 12.0. The number of aromatic nitrogens is 3. The van der Waals surface area contributed by atoms with Gasteiger partial charge in [-0.3, -0.25) is 0 Å². The predicted molar refractivity (Wildman–Crippen MR) is 89.2 cm³/mol. The second-order valence-corrected chi connectivity index (χ2v) is 10.7. The van der Waals surface area contributed by atoms with E-state index in [-0.39, 0.29) is 0 Å². The molecule has 0 amide bonds. The summed E-state index contributed by atoms with van der Waals surface area (Å²) in [6, 6.07) is 0. The molecule has 0 aromatic carbocycles. The van der Waals surface area contributed by atoms with E-state index in [0.29, 0.717) is 6.42 Å². The van der Waals surface area contributed by atoms with E-state index in [0.717, 1.165) is 15.3 Å². The molecule has 2 heterocycles. The van der Waals surface area contributed by atoms with Gasteiger partial charge in [-0.05, 0) is 25.9 Å². The van der Waals surface area contributed by atoms with Crippen LogP contribution in [0.3, 0.4) is 0 Å². The summed E-state index contributed by atoms with van der Waals surface area (Å²) in [4.78, 5) is 25.6. The number of nitrogens with one attached hydrogen (secondary N) is 1. The number of aliphatic hydroxyl groups is 2. The Balaban J connectivity index is 2.28. The molecule has 4 atom stereocenters. The zero-order valence-electron chi connectivity index (χ0n) is 13.3. The maximum absolute atomic E-state index is 12.0. The van der Waals surface area contributed by atoms with Gasteiger partial charge in [0.2, 0.25) is 12.6 Å². The molecular formula is C14H23N3O5P+. The van der Waals surface area contributed by atoms with Gasteiger partial charge in [0.1, 0.15) is 12.2 Å². The monoisotopic (exact) mass is 344 g/mol. The van der Waals surface area contributed by atoms with Crippen molar-refractivity contribution in [2.45, 2.75) is 31.0 Å². The molecule has 0 radical (unpaired) electrons.